The van der Waals surface area contributed by atoms with Gasteiger partial charge in [-0.2, -0.15) is 0 Å². The summed E-state index contributed by atoms with van der Waals surface area (Å²) in [6.45, 7) is 0. The lowest BCUT2D eigenvalue weighted by atomic mass is 9.76. The highest BCUT2D eigenvalue weighted by molar-refractivity contribution is 7.92. The SMILES string of the molecule is [2H]C([2H])([2H])O[C@]1(C(F)F)CCc2c(S(=O)(=O)Nc3cc(F)c(C4CC(F)(F)C4)cc3F)c[nH]c2C1. The zero-order chi connectivity index (χ0) is 26.0. The second kappa shape index (κ2) is 7.68. The highest BCUT2D eigenvalue weighted by Crippen LogP contribution is 2.49. The Balaban J connectivity index is 1.58. The van der Waals surface area contributed by atoms with Gasteiger partial charge in [0.05, 0.1) is 9.80 Å². The van der Waals surface area contributed by atoms with E-state index >= 15 is 0 Å². The van der Waals surface area contributed by atoms with Crippen molar-refractivity contribution >= 4 is 15.7 Å². The molecule has 0 spiro atoms. The molecule has 0 amide bonds. The molecule has 2 aromatic rings. The fourth-order valence-electron chi connectivity index (χ4n) is 4.22. The first-order chi connectivity index (χ1) is 16.0. The number of nitrogens with one attached hydrogen (secondary N) is 2. The molecule has 5 nitrogen and oxygen atoms in total. The number of sulfonamides is 1. The number of halogens is 6. The van der Waals surface area contributed by atoms with Crippen molar-refractivity contribution in [1.82, 2.24) is 4.98 Å². The van der Waals surface area contributed by atoms with Crippen molar-refractivity contribution in [2.24, 2.45) is 0 Å². The molecule has 32 heavy (non-hydrogen) atoms. The first-order valence-corrected chi connectivity index (χ1v) is 11.1. The van der Waals surface area contributed by atoms with E-state index in [0.29, 0.717) is 12.1 Å². The summed E-state index contributed by atoms with van der Waals surface area (Å²) in [5.74, 6) is -6.08. The maximum Gasteiger partial charge on any atom is 0.267 e. The van der Waals surface area contributed by atoms with Gasteiger partial charge in [0.15, 0.2) is 0 Å². The highest BCUT2D eigenvalue weighted by atomic mass is 32.2. The van der Waals surface area contributed by atoms with E-state index in [2.05, 4.69) is 9.72 Å². The number of aromatic nitrogens is 1. The van der Waals surface area contributed by atoms with Gasteiger partial charge < -0.3 is 9.72 Å². The summed E-state index contributed by atoms with van der Waals surface area (Å²) < 4.78 is 137. The van der Waals surface area contributed by atoms with Crippen LogP contribution in [0, 0.1) is 11.6 Å². The number of fused-ring (bicyclic) bond motifs is 1. The Labute approximate surface area is 184 Å². The number of rotatable bonds is 6. The number of alkyl halides is 4. The fourth-order valence-corrected chi connectivity index (χ4v) is 5.54. The van der Waals surface area contributed by atoms with Gasteiger partial charge in [0.2, 0.25) is 5.92 Å². The molecule has 1 aromatic carbocycles. The first-order valence-electron chi connectivity index (χ1n) is 11.1. The van der Waals surface area contributed by atoms with Crippen LogP contribution in [0.5, 0.6) is 0 Å². The van der Waals surface area contributed by atoms with Gasteiger partial charge in [-0.15, -0.1) is 0 Å². The molecule has 2 N–H and O–H groups in total. The fraction of sp³-hybridized carbons (Fsp3) is 0.500. The number of hydrogen-bond donors (Lipinski definition) is 2. The Hall–Kier alpha value is -2.21. The van der Waals surface area contributed by atoms with Gasteiger partial charge in [0.1, 0.15) is 22.1 Å². The van der Waals surface area contributed by atoms with Gasteiger partial charge in [-0.3, -0.25) is 4.72 Å². The molecular formula is C20H20F6N2O3S. The predicted molar refractivity (Wildman–Crippen MR) is 103 cm³/mol. The van der Waals surface area contributed by atoms with Crippen molar-refractivity contribution in [2.75, 3.05) is 11.8 Å². The molecule has 1 fully saturated rings. The number of anilines is 1. The molecule has 1 atom stereocenters. The number of H-pyrrole nitrogens is 1. The van der Waals surface area contributed by atoms with Gasteiger partial charge in [-0.25, -0.2) is 34.8 Å². The summed E-state index contributed by atoms with van der Waals surface area (Å²) in [4.78, 5) is 2.12. The molecule has 0 radical (unpaired) electrons. The molecule has 176 valence electrons. The molecule has 0 bridgehead atoms. The van der Waals surface area contributed by atoms with Crippen LogP contribution in [-0.2, 0) is 27.6 Å². The van der Waals surface area contributed by atoms with E-state index in [0.717, 1.165) is 6.20 Å². The molecule has 2 aliphatic rings. The minimum atomic E-state index is -4.53. The van der Waals surface area contributed by atoms with Crippen molar-refractivity contribution in [2.45, 2.75) is 60.9 Å². The lowest BCUT2D eigenvalue weighted by Crippen LogP contribution is -2.44. The lowest BCUT2D eigenvalue weighted by Gasteiger charge is -2.35. The minimum absolute atomic E-state index is 0.00841. The Bertz CT molecular complexity index is 1240. The van der Waals surface area contributed by atoms with E-state index in [4.69, 9.17) is 4.11 Å². The quantitative estimate of drug-likeness (QED) is 0.581. The highest BCUT2D eigenvalue weighted by Gasteiger charge is 2.47. The number of hydrogen-bond acceptors (Lipinski definition) is 3. The molecule has 0 unspecified atom stereocenters. The van der Waals surface area contributed by atoms with Crippen LogP contribution >= 0.6 is 0 Å². The van der Waals surface area contributed by atoms with Crippen molar-refractivity contribution in [3.63, 3.8) is 0 Å². The third kappa shape index (κ3) is 3.87. The topological polar surface area (TPSA) is 71.2 Å². The third-order valence-corrected chi connectivity index (χ3v) is 7.50. The summed E-state index contributed by atoms with van der Waals surface area (Å²) in [6.07, 6.45) is -4.89. The summed E-state index contributed by atoms with van der Waals surface area (Å²) >= 11 is 0. The standard InChI is InChI=1S/C20H20F6N2O3S/c1-31-19(18(23)24)3-2-11-16(8-19)27-9-17(11)32(29,30)28-15-5-13(21)12(4-14(15)22)10-6-20(25,26)7-10/h4-5,9-10,18,27-28H,2-3,6-8H2,1H3/t19-/m1/s1/i1D3. The molecule has 4 rings (SSSR count). The molecular weight excluding hydrogens is 462 g/mol. The van der Waals surface area contributed by atoms with Crippen LogP contribution in [0.25, 0.3) is 0 Å². The van der Waals surface area contributed by atoms with Gasteiger partial charge >= 0.3 is 0 Å². The van der Waals surface area contributed by atoms with E-state index < -0.39 is 88.8 Å². The maximum atomic E-state index is 14.6. The number of methoxy groups -OCH3 is 1. The van der Waals surface area contributed by atoms with Gasteiger partial charge in [0, 0.05) is 44.3 Å². The van der Waals surface area contributed by atoms with E-state index in [9.17, 15) is 34.8 Å². The minimum Gasteiger partial charge on any atom is -0.372 e. The van der Waals surface area contributed by atoms with E-state index in [1.807, 2.05) is 4.72 Å². The maximum absolute atomic E-state index is 14.6. The second-order valence-corrected chi connectivity index (χ2v) is 9.83. The second-order valence-electron chi connectivity index (χ2n) is 8.17. The van der Waals surface area contributed by atoms with E-state index in [1.165, 1.54) is 0 Å². The molecule has 0 saturated heterocycles. The van der Waals surface area contributed by atoms with Gasteiger partial charge in [0.25, 0.3) is 16.4 Å². The third-order valence-electron chi connectivity index (χ3n) is 6.06. The molecule has 12 heteroatoms. The largest absolute Gasteiger partial charge is 0.372 e. The molecule has 1 aromatic heterocycles. The van der Waals surface area contributed by atoms with Crippen molar-refractivity contribution < 1.29 is 43.6 Å². The van der Waals surface area contributed by atoms with Crippen LogP contribution in [0.3, 0.4) is 0 Å². The molecule has 1 heterocycles. The van der Waals surface area contributed by atoms with Gasteiger partial charge in [-0.1, -0.05) is 0 Å². The Morgan fingerprint density at radius 2 is 1.97 bits per heavy atom. The summed E-state index contributed by atoms with van der Waals surface area (Å²) in [5, 5.41) is 0. The van der Waals surface area contributed by atoms with Crippen LogP contribution in [0.1, 0.15) is 46.1 Å². The van der Waals surface area contributed by atoms with Crippen LogP contribution in [0.15, 0.2) is 23.2 Å². The predicted octanol–water partition coefficient (Wildman–Crippen LogP) is 4.75. The normalized spacial score (nSPS) is 24.9. The van der Waals surface area contributed by atoms with Crippen LogP contribution in [0.2, 0.25) is 0 Å². The molecule has 2 aliphatic carbocycles. The number of aromatic amines is 1. The monoisotopic (exact) mass is 485 g/mol. The average Bonchev–Trinajstić information content (AvgIpc) is 3.11. The average molecular weight is 485 g/mol. The van der Waals surface area contributed by atoms with Crippen LogP contribution < -0.4 is 4.72 Å². The smallest absolute Gasteiger partial charge is 0.267 e. The van der Waals surface area contributed by atoms with Crippen molar-refractivity contribution in [3.05, 3.63) is 46.8 Å². The first kappa shape index (κ1) is 19.3. The van der Waals surface area contributed by atoms with Crippen molar-refractivity contribution in [1.29, 1.82) is 0 Å². The summed E-state index contributed by atoms with van der Waals surface area (Å²) in [5.41, 5.74) is -3.31. The zero-order valence-electron chi connectivity index (χ0n) is 19.3. The van der Waals surface area contributed by atoms with E-state index in [1.54, 1.807) is 0 Å². The van der Waals surface area contributed by atoms with Gasteiger partial charge in [-0.05, 0) is 36.0 Å². The zero-order valence-corrected chi connectivity index (χ0v) is 17.1. The Morgan fingerprint density at radius 3 is 2.59 bits per heavy atom. The number of benzene rings is 1. The number of ether oxygens (including phenoxy) is 1. The Morgan fingerprint density at radius 1 is 1.25 bits per heavy atom. The van der Waals surface area contributed by atoms with E-state index in [-0.39, 0.29) is 23.2 Å². The van der Waals surface area contributed by atoms with Crippen molar-refractivity contribution in [3.8, 4) is 0 Å². The summed E-state index contributed by atoms with van der Waals surface area (Å²) in [7, 11) is -7.64. The molecule has 1 saturated carbocycles. The van der Waals surface area contributed by atoms with Crippen LogP contribution in [-0.4, -0.2) is 38.4 Å². The Kier molecular flexibility index (Phi) is 4.63. The molecule has 0 aliphatic heterocycles. The summed E-state index contributed by atoms with van der Waals surface area (Å²) in [6, 6.07) is 1.23. The lowest BCUT2D eigenvalue weighted by molar-refractivity contribution is -0.128. The van der Waals surface area contributed by atoms with Crippen LogP contribution in [0.4, 0.5) is 32.0 Å².